The average Bonchev–Trinajstić information content (AvgIpc) is 3.23. The maximum absolute atomic E-state index is 13.0. The van der Waals surface area contributed by atoms with E-state index in [4.69, 9.17) is 32.7 Å². The van der Waals surface area contributed by atoms with Crippen molar-refractivity contribution in [3.05, 3.63) is 57.6 Å². The van der Waals surface area contributed by atoms with Gasteiger partial charge in [0.15, 0.2) is 11.5 Å². The Bertz CT molecular complexity index is 1070. The van der Waals surface area contributed by atoms with Crippen LogP contribution in [0.4, 0.5) is 0 Å². The van der Waals surface area contributed by atoms with E-state index in [0.29, 0.717) is 53.0 Å². The van der Waals surface area contributed by atoms with Gasteiger partial charge >= 0.3 is 0 Å². The van der Waals surface area contributed by atoms with Crippen molar-refractivity contribution in [2.75, 3.05) is 19.9 Å². The van der Waals surface area contributed by atoms with Gasteiger partial charge in [-0.15, -0.1) is 0 Å². The highest BCUT2D eigenvalue weighted by Crippen LogP contribution is 2.32. The van der Waals surface area contributed by atoms with Crippen molar-refractivity contribution in [3.63, 3.8) is 0 Å². The zero-order valence-electron chi connectivity index (χ0n) is 16.6. The van der Waals surface area contributed by atoms with Crippen molar-refractivity contribution in [1.29, 1.82) is 0 Å². The summed E-state index contributed by atoms with van der Waals surface area (Å²) < 4.78 is 37.9. The van der Waals surface area contributed by atoms with E-state index in [1.165, 1.54) is 4.31 Å². The Labute approximate surface area is 191 Å². The Morgan fingerprint density at radius 1 is 1.13 bits per heavy atom. The molecule has 0 spiro atoms. The summed E-state index contributed by atoms with van der Waals surface area (Å²) >= 11 is 12.3. The Balaban J connectivity index is 1.37. The lowest BCUT2D eigenvalue weighted by Crippen LogP contribution is -2.45. The van der Waals surface area contributed by atoms with E-state index < -0.39 is 15.9 Å². The van der Waals surface area contributed by atoms with Crippen molar-refractivity contribution in [2.24, 2.45) is 5.92 Å². The van der Waals surface area contributed by atoms with Gasteiger partial charge in [0.25, 0.3) is 0 Å². The molecule has 7 nitrogen and oxygen atoms in total. The van der Waals surface area contributed by atoms with Crippen molar-refractivity contribution >= 4 is 39.1 Å². The van der Waals surface area contributed by atoms with Crippen LogP contribution in [0.5, 0.6) is 11.5 Å². The number of halogens is 2. The summed E-state index contributed by atoms with van der Waals surface area (Å²) in [6, 6.07) is 10.4. The normalized spacial score (nSPS) is 18.7. The van der Waals surface area contributed by atoms with Crippen LogP contribution in [-0.4, -0.2) is 38.5 Å². The zero-order valence-corrected chi connectivity index (χ0v) is 19.0. The molecule has 1 atom stereocenters. The number of ether oxygens (including phenoxy) is 2. The van der Waals surface area contributed by atoms with E-state index in [1.54, 1.807) is 24.3 Å². The minimum Gasteiger partial charge on any atom is -0.454 e. The molecule has 0 aliphatic carbocycles. The molecule has 1 saturated heterocycles. The Kier molecular flexibility index (Phi) is 6.62. The fourth-order valence-electron chi connectivity index (χ4n) is 3.74. The van der Waals surface area contributed by atoms with Gasteiger partial charge in [-0.3, -0.25) is 4.79 Å². The summed E-state index contributed by atoms with van der Waals surface area (Å²) in [7, 11) is -3.67. The van der Waals surface area contributed by atoms with Crippen LogP contribution in [0, 0.1) is 5.92 Å². The largest absolute Gasteiger partial charge is 0.454 e. The molecular formula is C21H22Cl2N2O5S. The molecule has 0 aromatic heterocycles. The van der Waals surface area contributed by atoms with E-state index in [0.717, 1.165) is 5.56 Å². The fourth-order valence-corrected chi connectivity index (χ4v) is 6.10. The van der Waals surface area contributed by atoms with Crippen LogP contribution < -0.4 is 14.8 Å². The van der Waals surface area contributed by atoms with E-state index in [9.17, 15) is 13.2 Å². The van der Waals surface area contributed by atoms with Crippen molar-refractivity contribution in [3.8, 4) is 11.5 Å². The molecule has 0 unspecified atom stereocenters. The molecule has 0 bridgehead atoms. The van der Waals surface area contributed by atoms with Gasteiger partial charge in [0.2, 0.25) is 22.7 Å². The first kappa shape index (κ1) is 22.2. The van der Waals surface area contributed by atoms with Crippen LogP contribution in [0.2, 0.25) is 10.0 Å². The molecule has 10 heteroatoms. The van der Waals surface area contributed by atoms with Gasteiger partial charge in [-0.25, -0.2) is 12.7 Å². The van der Waals surface area contributed by atoms with Gasteiger partial charge in [-0.05, 0) is 42.7 Å². The summed E-state index contributed by atoms with van der Waals surface area (Å²) in [5.41, 5.74) is 1.26. The summed E-state index contributed by atoms with van der Waals surface area (Å²) in [4.78, 5) is 12.7. The van der Waals surface area contributed by atoms with Crippen LogP contribution in [0.3, 0.4) is 0 Å². The maximum Gasteiger partial charge on any atom is 0.231 e. The first-order chi connectivity index (χ1) is 14.8. The quantitative estimate of drug-likeness (QED) is 0.676. The summed E-state index contributed by atoms with van der Waals surface area (Å²) in [5.74, 6) is 0.450. The van der Waals surface area contributed by atoms with Gasteiger partial charge in [0.1, 0.15) is 0 Å². The van der Waals surface area contributed by atoms with Crippen molar-refractivity contribution in [2.45, 2.75) is 25.1 Å². The molecule has 1 amide bonds. The minimum atomic E-state index is -3.67. The van der Waals surface area contributed by atoms with Gasteiger partial charge in [0, 0.05) is 35.2 Å². The Morgan fingerprint density at radius 2 is 1.87 bits per heavy atom. The molecule has 2 aromatic rings. The molecule has 2 heterocycles. The number of amides is 1. The summed E-state index contributed by atoms with van der Waals surface area (Å²) in [6.07, 6.45) is 1.24. The second-order valence-corrected chi connectivity index (χ2v) is 10.3. The van der Waals surface area contributed by atoms with Gasteiger partial charge < -0.3 is 14.8 Å². The Morgan fingerprint density at radius 3 is 2.65 bits per heavy atom. The first-order valence-corrected chi connectivity index (χ1v) is 12.3. The number of nitrogens with one attached hydrogen (secondary N) is 1. The number of benzene rings is 2. The van der Waals surface area contributed by atoms with Crippen LogP contribution >= 0.6 is 23.2 Å². The monoisotopic (exact) mass is 484 g/mol. The molecular weight excluding hydrogens is 463 g/mol. The SMILES string of the molecule is O=C(NCc1ccc2c(c1)OCO2)[C@H]1CCCN(S(=O)(=O)Cc2c(Cl)cccc2Cl)C1. The predicted octanol–water partition coefficient (Wildman–Crippen LogP) is 3.58. The number of hydrogen-bond donors (Lipinski definition) is 1. The van der Waals surface area contributed by atoms with Crippen LogP contribution in [0.15, 0.2) is 36.4 Å². The molecule has 4 rings (SSSR count). The fraction of sp³-hybridized carbons (Fsp3) is 0.381. The average molecular weight is 485 g/mol. The number of fused-ring (bicyclic) bond motifs is 1. The lowest BCUT2D eigenvalue weighted by molar-refractivity contribution is -0.126. The second kappa shape index (κ2) is 9.24. The van der Waals surface area contributed by atoms with E-state index in [1.807, 2.05) is 12.1 Å². The third-order valence-corrected chi connectivity index (χ3v) is 7.92. The zero-order chi connectivity index (χ0) is 22.0. The minimum absolute atomic E-state index is 0.136. The molecule has 166 valence electrons. The number of sulfonamides is 1. The molecule has 31 heavy (non-hydrogen) atoms. The summed E-state index contributed by atoms with van der Waals surface area (Å²) in [5, 5.41) is 3.52. The van der Waals surface area contributed by atoms with Crippen LogP contribution in [0.25, 0.3) is 0 Å². The standard InChI is InChI=1S/C21H22Cl2N2O5S/c22-17-4-1-5-18(23)16(17)12-31(27,28)25-8-2-3-15(11-25)21(26)24-10-14-6-7-19-20(9-14)30-13-29-19/h1,4-7,9,15H,2-3,8,10-13H2,(H,24,26)/t15-/m0/s1. The maximum atomic E-state index is 13.0. The molecule has 0 radical (unpaired) electrons. The highest BCUT2D eigenvalue weighted by atomic mass is 35.5. The van der Waals surface area contributed by atoms with Gasteiger partial charge in [-0.2, -0.15) is 0 Å². The molecule has 1 N–H and O–H groups in total. The van der Waals surface area contributed by atoms with E-state index >= 15 is 0 Å². The first-order valence-electron chi connectivity index (χ1n) is 9.90. The second-order valence-electron chi connectivity index (χ2n) is 7.56. The van der Waals surface area contributed by atoms with Crippen molar-refractivity contribution in [1.82, 2.24) is 9.62 Å². The third kappa shape index (κ3) is 5.09. The molecule has 2 aliphatic rings. The predicted molar refractivity (Wildman–Crippen MR) is 118 cm³/mol. The number of rotatable bonds is 6. The lowest BCUT2D eigenvalue weighted by atomic mass is 9.98. The third-order valence-electron chi connectivity index (χ3n) is 5.44. The molecule has 2 aromatic carbocycles. The van der Waals surface area contributed by atoms with Crippen molar-refractivity contribution < 1.29 is 22.7 Å². The smallest absolute Gasteiger partial charge is 0.231 e. The van der Waals surface area contributed by atoms with Gasteiger partial charge in [0.05, 0.1) is 11.7 Å². The summed E-state index contributed by atoms with van der Waals surface area (Å²) in [6.45, 7) is 1.03. The van der Waals surface area contributed by atoms with E-state index in [-0.39, 0.29) is 25.0 Å². The highest BCUT2D eigenvalue weighted by molar-refractivity contribution is 7.88. The Hall–Kier alpha value is -2.00. The number of carbonyl (C=O) groups is 1. The van der Waals surface area contributed by atoms with Gasteiger partial charge in [-0.1, -0.05) is 35.3 Å². The lowest BCUT2D eigenvalue weighted by Gasteiger charge is -2.31. The van der Waals surface area contributed by atoms with Crippen LogP contribution in [0.1, 0.15) is 24.0 Å². The molecule has 2 aliphatic heterocycles. The van der Waals surface area contributed by atoms with E-state index in [2.05, 4.69) is 5.32 Å². The number of nitrogens with zero attached hydrogens (tertiary/aromatic N) is 1. The number of hydrogen-bond acceptors (Lipinski definition) is 5. The van der Waals surface area contributed by atoms with Crippen LogP contribution in [-0.2, 0) is 27.1 Å². The molecule has 1 fully saturated rings. The number of carbonyl (C=O) groups excluding carboxylic acids is 1. The highest BCUT2D eigenvalue weighted by Gasteiger charge is 2.33. The topological polar surface area (TPSA) is 84.9 Å². The molecule has 0 saturated carbocycles. The number of piperidine rings is 1.